The van der Waals surface area contributed by atoms with Gasteiger partial charge in [0, 0.05) is 12.5 Å². The molecule has 15 heavy (non-hydrogen) atoms. The van der Waals surface area contributed by atoms with Crippen LogP contribution in [0.2, 0.25) is 0 Å². The molecule has 1 aromatic heterocycles. The molecule has 0 radical (unpaired) electrons. The van der Waals surface area contributed by atoms with E-state index in [0.29, 0.717) is 18.8 Å². The molecule has 6 nitrogen and oxygen atoms in total. The van der Waals surface area contributed by atoms with Gasteiger partial charge in [-0.3, -0.25) is 4.79 Å². The summed E-state index contributed by atoms with van der Waals surface area (Å²) in [6.07, 6.45) is 3.38. The number of carbonyl (C=O) groups excluding carboxylic acids is 1. The van der Waals surface area contributed by atoms with Crippen molar-refractivity contribution in [3.63, 3.8) is 0 Å². The Morgan fingerprint density at radius 1 is 1.73 bits per heavy atom. The Morgan fingerprint density at radius 2 is 2.53 bits per heavy atom. The van der Waals surface area contributed by atoms with Gasteiger partial charge in [0.15, 0.2) is 5.82 Å². The fraction of sp³-hybridized carbons (Fsp3) is 0.667. The minimum atomic E-state index is -0.0135. The van der Waals surface area contributed by atoms with Crippen molar-refractivity contribution >= 4 is 5.91 Å². The van der Waals surface area contributed by atoms with E-state index in [1.165, 1.54) is 6.39 Å². The van der Waals surface area contributed by atoms with Gasteiger partial charge in [-0.25, -0.2) is 0 Å². The van der Waals surface area contributed by atoms with E-state index in [1.54, 1.807) is 0 Å². The summed E-state index contributed by atoms with van der Waals surface area (Å²) < 4.78 is 4.53. The summed E-state index contributed by atoms with van der Waals surface area (Å²) in [6.45, 7) is 2.24. The first-order chi connectivity index (χ1) is 7.18. The maximum Gasteiger partial charge on any atom is 0.220 e. The predicted molar refractivity (Wildman–Crippen MR) is 53.6 cm³/mol. The molecule has 3 N–H and O–H groups in total. The summed E-state index contributed by atoms with van der Waals surface area (Å²) in [6, 6.07) is 0.148. The van der Waals surface area contributed by atoms with Crippen LogP contribution in [-0.2, 0) is 11.3 Å². The summed E-state index contributed by atoms with van der Waals surface area (Å²) >= 11 is 0. The number of carbonyl (C=O) groups is 1. The first-order valence-electron chi connectivity index (χ1n) is 4.96. The second-order valence-corrected chi connectivity index (χ2v) is 3.49. The van der Waals surface area contributed by atoms with Crippen LogP contribution < -0.4 is 11.1 Å². The lowest BCUT2D eigenvalue weighted by atomic mass is 10.1. The van der Waals surface area contributed by atoms with Gasteiger partial charge in [0.05, 0.1) is 6.54 Å². The number of hydrogen-bond acceptors (Lipinski definition) is 5. The molecule has 1 atom stereocenters. The van der Waals surface area contributed by atoms with Gasteiger partial charge in [-0.2, -0.15) is 4.98 Å². The largest absolute Gasteiger partial charge is 0.349 e. The Kier molecular flexibility index (Phi) is 4.76. The van der Waals surface area contributed by atoms with Crippen molar-refractivity contribution in [1.82, 2.24) is 15.5 Å². The number of hydrogen-bond donors (Lipinski definition) is 2. The topological polar surface area (TPSA) is 94.0 Å². The molecule has 84 valence electrons. The predicted octanol–water partition coefficient (Wildman–Crippen LogP) is 0.203. The van der Waals surface area contributed by atoms with Crippen LogP contribution in [0.1, 0.15) is 32.0 Å². The van der Waals surface area contributed by atoms with Crippen LogP contribution in [-0.4, -0.2) is 22.1 Å². The molecule has 1 heterocycles. The van der Waals surface area contributed by atoms with Gasteiger partial charge in [-0.1, -0.05) is 5.16 Å². The molecule has 1 unspecified atom stereocenters. The molecule has 0 saturated carbocycles. The Hall–Kier alpha value is -1.43. The molecule has 1 rings (SSSR count). The molecule has 6 heteroatoms. The third kappa shape index (κ3) is 5.11. The SMILES string of the molecule is CC(N)CCCC(=O)NCc1ncon1. The third-order valence-corrected chi connectivity index (χ3v) is 1.91. The van der Waals surface area contributed by atoms with Crippen LogP contribution >= 0.6 is 0 Å². The molecule has 1 aromatic rings. The van der Waals surface area contributed by atoms with Crippen molar-refractivity contribution in [1.29, 1.82) is 0 Å². The molecule has 0 aliphatic carbocycles. The lowest BCUT2D eigenvalue weighted by Crippen LogP contribution is -2.24. The van der Waals surface area contributed by atoms with Crippen molar-refractivity contribution in [2.45, 2.75) is 38.8 Å². The van der Waals surface area contributed by atoms with Crippen molar-refractivity contribution < 1.29 is 9.32 Å². The van der Waals surface area contributed by atoms with Gasteiger partial charge >= 0.3 is 0 Å². The van der Waals surface area contributed by atoms with Gasteiger partial charge in [0.2, 0.25) is 12.3 Å². The van der Waals surface area contributed by atoms with E-state index < -0.39 is 0 Å². The molecule has 1 amide bonds. The Balaban J connectivity index is 2.09. The molecule has 0 aliphatic rings. The van der Waals surface area contributed by atoms with E-state index in [9.17, 15) is 4.79 Å². The average Bonchev–Trinajstić information content (AvgIpc) is 2.66. The molecule has 0 saturated heterocycles. The highest BCUT2D eigenvalue weighted by atomic mass is 16.5. The van der Waals surface area contributed by atoms with E-state index in [4.69, 9.17) is 5.73 Å². The summed E-state index contributed by atoms with van der Waals surface area (Å²) in [4.78, 5) is 15.1. The van der Waals surface area contributed by atoms with Gasteiger partial charge in [-0.15, -0.1) is 0 Å². The molecule has 0 aliphatic heterocycles. The van der Waals surface area contributed by atoms with E-state index in [2.05, 4.69) is 20.0 Å². The van der Waals surface area contributed by atoms with Gasteiger partial charge in [0.1, 0.15) is 0 Å². The molecule has 0 fully saturated rings. The first kappa shape index (κ1) is 11.6. The van der Waals surface area contributed by atoms with Crippen LogP contribution in [0.5, 0.6) is 0 Å². The number of nitrogens with two attached hydrogens (primary N) is 1. The van der Waals surface area contributed by atoms with E-state index in [0.717, 1.165) is 12.8 Å². The third-order valence-electron chi connectivity index (χ3n) is 1.91. The quantitative estimate of drug-likeness (QED) is 0.702. The molecular weight excluding hydrogens is 196 g/mol. The van der Waals surface area contributed by atoms with Crippen molar-refractivity contribution in [2.24, 2.45) is 5.73 Å². The summed E-state index contributed by atoms with van der Waals surface area (Å²) in [5, 5.41) is 6.27. The second kappa shape index (κ2) is 6.13. The molecule has 0 spiro atoms. The number of nitrogens with one attached hydrogen (secondary N) is 1. The van der Waals surface area contributed by atoms with Crippen molar-refractivity contribution in [3.8, 4) is 0 Å². The Morgan fingerprint density at radius 3 is 3.13 bits per heavy atom. The fourth-order valence-electron chi connectivity index (χ4n) is 1.12. The highest BCUT2D eigenvalue weighted by Gasteiger charge is 2.04. The standard InChI is InChI=1S/C9H16N4O2/c1-7(10)3-2-4-9(14)11-5-8-12-6-15-13-8/h6-7H,2-5,10H2,1H3,(H,11,14). The molecular formula is C9H16N4O2. The van der Waals surface area contributed by atoms with Gasteiger partial charge < -0.3 is 15.6 Å². The van der Waals surface area contributed by atoms with Crippen LogP contribution in [0.25, 0.3) is 0 Å². The average molecular weight is 212 g/mol. The number of amides is 1. The van der Waals surface area contributed by atoms with Gasteiger partial charge in [-0.05, 0) is 19.8 Å². The van der Waals surface area contributed by atoms with Crippen LogP contribution in [0.15, 0.2) is 10.9 Å². The lowest BCUT2D eigenvalue weighted by molar-refractivity contribution is -0.121. The monoisotopic (exact) mass is 212 g/mol. The minimum Gasteiger partial charge on any atom is -0.349 e. The van der Waals surface area contributed by atoms with Crippen molar-refractivity contribution in [3.05, 3.63) is 12.2 Å². The maximum atomic E-state index is 11.3. The van der Waals surface area contributed by atoms with Crippen LogP contribution in [0, 0.1) is 0 Å². The zero-order valence-electron chi connectivity index (χ0n) is 8.77. The highest BCUT2D eigenvalue weighted by molar-refractivity contribution is 5.75. The molecule has 0 aromatic carbocycles. The zero-order chi connectivity index (χ0) is 11.1. The van der Waals surface area contributed by atoms with E-state index >= 15 is 0 Å². The van der Waals surface area contributed by atoms with Gasteiger partial charge in [0.25, 0.3) is 0 Å². The fourth-order valence-corrected chi connectivity index (χ4v) is 1.12. The molecule has 0 bridgehead atoms. The smallest absolute Gasteiger partial charge is 0.220 e. The van der Waals surface area contributed by atoms with Crippen molar-refractivity contribution in [2.75, 3.05) is 0 Å². The number of rotatable bonds is 6. The zero-order valence-corrected chi connectivity index (χ0v) is 8.77. The first-order valence-corrected chi connectivity index (χ1v) is 4.96. The Labute approximate surface area is 88.2 Å². The normalized spacial score (nSPS) is 12.4. The summed E-state index contributed by atoms with van der Waals surface area (Å²) in [5.41, 5.74) is 5.57. The Bertz CT molecular complexity index is 284. The second-order valence-electron chi connectivity index (χ2n) is 3.49. The number of aromatic nitrogens is 2. The number of nitrogens with zero attached hydrogens (tertiary/aromatic N) is 2. The van der Waals surface area contributed by atoms with Crippen LogP contribution in [0.4, 0.5) is 0 Å². The van der Waals surface area contributed by atoms with E-state index in [-0.39, 0.29) is 11.9 Å². The lowest BCUT2D eigenvalue weighted by Gasteiger charge is -2.04. The van der Waals surface area contributed by atoms with Crippen LogP contribution in [0.3, 0.4) is 0 Å². The minimum absolute atomic E-state index is 0.0135. The maximum absolute atomic E-state index is 11.3. The highest BCUT2D eigenvalue weighted by Crippen LogP contribution is 1.98. The summed E-state index contributed by atoms with van der Waals surface area (Å²) in [7, 11) is 0. The summed E-state index contributed by atoms with van der Waals surface area (Å²) in [5.74, 6) is 0.469. The van der Waals surface area contributed by atoms with E-state index in [1.807, 2.05) is 6.92 Å².